The molecule has 0 radical (unpaired) electrons. The van der Waals surface area contributed by atoms with Crippen molar-refractivity contribution in [1.29, 1.82) is 0 Å². The second-order valence-electron chi connectivity index (χ2n) is 5.96. The van der Waals surface area contributed by atoms with Gasteiger partial charge in [-0.2, -0.15) is 13.2 Å². The molecule has 1 aromatic heterocycles. The zero-order valence-corrected chi connectivity index (χ0v) is 17.2. The number of nitrogens with zero attached hydrogens (tertiary/aromatic N) is 2. The predicted molar refractivity (Wildman–Crippen MR) is 106 cm³/mol. The molecule has 2 rings (SSSR count). The lowest BCUT2D eigenvalue weighted by molar-refractivity contribution is -0.144. The van der Waals surface area contributed by atoms with Crippen molar-refractivity contribution in [2.75, 3.05) is 6.61 Å². The second kappa shape index (κ2) is 9.00. The zero-order valence-electron chi connectivity index (χ0n) is 15.6. The van der Waals surface area contributed by atoms with Crippen LogP contribution < -0.4 is 16.0 Å². The first-order valence-electron chi connectivity index (χ1n) is 8.22. The molecule has 0 aliphatic carbocycles. The van der Waals surface area contributed by atoms with Crippen LogP contribution in [0.1, 0.15) is 12.6 Å². The predicted octanol–water partition coefficient (Wildman–Crippen LogP) is 3.64. The molecule has 2 aromatic rings. The maximum atomic E-state index is 14.5. The monoisotopic (exact) mass is 466 g/mol. The van der Waals surface area contributed by atoms with Crippen LogP contribution in [0.3, 0.4) is 0 Å². The highest BCUT2D eigenvalue weighted by Gasteiger charge is 2.35. The minimum Gasteiger partial charge on any atom is -0.480 e. The number of ether oxygens (including phenoxy) is 2. The number of aromatic nitrogens is 2. The Kier molecular flexibility index (Phi) is 7.09. The Morgan fingerprint density at radius 2 is 1.97 bits per heavy atom. The van der Waals surface area contributed by atoms with Gasteiger partial charge in [0.05, 0.1) is 10.7 Å². The summed E-state index contributed by atoms with van der Waals surface area (Å²) in [5, 5.41) is -0.189. The summed E-state index contributed by atoms with van der Waals surface area (Å²) < 4.78 is 64.6. The number of thiocarbonyl (C=S) groups is 1. The molecule has 162 valence electrons. The Balaban J connectivity index is 2.57. The van der Waals surface area contributed by atoms with Gasteiger partial charge in [0.2, 0.25) is 5.05 Å². The molecule has 0 bridgehead atoms. The van der Waals surface area contributed by atoms with Gasteiger partial charge in [0.1, 0.15) is 23.9 Å². The summed E-state index contributed by atoms with van der Waals surface area (Å²) in [5.41, 5.74) is -4.90. The van der Waals surface area contributed by atoms with Gasteiger partial charge < -0.3 is 9.47 Å². The number of hydrogen-bond donors (Lipinski definition) is 0. The smallest absolute Gasteiger partial charge is 0.431 e. The van der Waals surface area contributed by atoms with Crippen LogP contribution in [0.15, 0.2) is 40.4 Å². The van der Waals surface area contributed by atoms with Crippen molar-refractivity contribution in [1.82, 2.24) is 9.13 Å². The molecule has 1 heterocycles. The highest BCUT2D eigenvalue weighted by Crippen LogP contribution is 2.31. The Bertz CT molecular complexity index is 1110. The standard InChI is InChI=1S/C18H15ClF4N2O4S/c1-4-5-28-16(30)9(2)29-13-7-12(11(20)6-10(13)19)25-15(26)8-14(18(21,22)23)24(3)17(25)27/h4,6-9H,1,5H2,2-3H3/t9-/m1/s1. The van der Waals surface area contributed by atoms with Gasteiger partial charge in [0.15, 0.2) is 6.10 Å². The van der Waals surface area contributed by atoms with E-state index in [2.05, 4.69) is 6.58 Å². The van der Waals surface area contributed by atoms with Gasteiger partial charge in [-0.1, -0.05) is 24.3 Å². The molecule has 0 N–H and O–H groups in total. The zero-order chi connectivity index (χ0) is 22.8. The molecule has 0 amide bonds. The third-order valence-electron chi connectivity index (χ3n) is 3.83. The van der Waals surface area contributed by atoms with Gasteiger partial charge >= 0.3 is 11.9 Å². The van der Waals surface area contributed by atoms with E-state index in [0.717, 1.165) is 19.2 Å². The lowest BCUT2D eigenvalue weighted by Gasteiger charge is -2.18. The number of benzene rings is 1. The molecular weight excluding hydrogens is 452 g/mol. The van der Waals surface area contributed by atoms with Crippen LogP contribution in [0.5, 0.6) is 5.75 Å². The fourth-order valence-electron chi connectivity index (χ4n) is 2.40. The van der Waals surface area contributed by atoms with Crippen LogP contribution in [0.4, 0.5) is 17.6 Å². The van der Waals surface area contributed by atoms with E-state index < -0.39 is 40.7 Å². The van der Waals surface area contributed by atoms with E-state index in [1.165, 1.54) is 13.0 Å². The van der Waals surface area contributed by atoms with Crippen LogP contribution in [0, 0.1) is 5.82 Å². The summed E-state index contributed by atoms with van der Waals surface area (Å²) in [4.78, 5) is 24.6. The average Bonchev–Trinajstić information content (AvgIpc) is 2.65. The van der Waals surface area contributed by atoms with Crippen molar-refractivity contribution in [2.24, 2.45) is 7.05 Å². The van der Waals surface area contributed by atoms with E-state index >= 15 is 0 Å². The molecule has 0 fully saturated rings. The normalized spacial score (nSPS) is 12.4. The minimum atomic E-state index is -4.95. The number of alkyl halides is 3. The summed E-state index contributed by atoms with van der Waals surface area (Å²) in [6.45, 7) is 5.09. The second-order valence-corrected chi connectivity index (χ2v) is 6.76. The largest absolute Gasteiger partial charge is 0.480 e. The van der Waals surface area contributed by atoms with Gasteiger partial charge in [-0.05, 0) is 25.2 Å². The van der Waals surface area contributed by atoms with Crippen molar-refractivity contribution in [3.8, 4) is 11.4 Å². The fraction of sp³-hybridized carbons (Fsp3) is 0.278. The van der Waals surface area contributed by atoms with Crippen molar-refractivity contribution in [3.05, 3.63) is 68.2 Å². The highest BCUT2D eigenvalue weighted by molar-refractivity contribution is 7.80. The van der Waals surface area contributed by atoms with Gasteiger partial charge in [0.25, 0.3) is 5.56 Å². The lowest BCUT2D eigenvalue weighted by Crippen LogP contribution is -2.41. The highest BCUT2D eigenvalue weighted by atomic mass is 35.5. The summed E-state index contributed by atoms with van der Waals surface area (Å²) in [6, 6.07) is 1.87. The van der Waals surface area contributed by atoms with Crippen molar-refractivity contribution < 1.29 is 27.0 Å². The third-order valence-corrected chi connectivity index (χ3v) is 4.58. The molecule has 0 aliphatic rings. The van der Waals surface area contributed by atoms with E-state index in [-0.39, 0.29) is 37.6 Å². The topological polar surface area (TPSA) is 62.5 Å². The number of rotatable bonds is 6. The molecule has 1 atom stereocenters. The van der Waals surface area contributed by atoms with Gasteiger partial charge in [-0.15, -0.1) is 0 Å². The lowest BCUT2D eigenvalue weighted by atomic mass is 10.2. The van der Waals surface area contributed by atoms with E-state index in [4.69, 9.17) is 33.3 Å². The van der Waals surface area contributed by atoms with E-state index in [1.54, 1.807) is 0 Å². The molecule has 0 aliphatic heterocycles. The number of halogens is 5. The van der Waals surface area contributed by atoms with Crippen LogP contribution in [0.25, 0.3) is 5.69 Å². The summed E-state index contributed by atoms with van der Waals surface area (Å²) in [5.74, 6) is -1.29. The SMILES string of the molecule is C=CCOC(=S)[C@@H](C)Oc1cc(-n2c(=O)cc(C(F)(F)F)n(C)c2=O)c(F)cc1Cl. The Morgan fingerprint density at radius 3 is 2.53 bits per heavy atom. The van der Waals surface area contributed by atoms with Crippen molar-refractivity contribution in [2.45, 2.75) is 19.2 Å². The Labute approximate surface area is 177 Å². The molecule has 0 unspecified atom stereocenters. The quantitative estimate of drug-likeness (QED) is 0.369. The molecule has 6 nitrogen and oxygen atoms in total. The first-order chi connectivity index (χ1) is 13.9. The Hall–Kier alpha value is -2.66. The van der Waals surface area contributed by atoms with Crippen LogP contribution in [0.2, 0.25) is 5.02 Å². The van der Waals surface area contributed by atoms with Crippen LogP contribution in [-0.2, 0) is 18.0 Å². The fourth-order valence-corrected chi connectivity index (χ4v) is 2.71. The Morgan fingerprint density at radius 1 is 1.33 bits per heavy atom. The van der Waals surface area contributed by atoms with Gasteiger partial charge in [-0.25, -0.2) is 13.8 Å². The van der Waals surface area contributed by atoms with E-state index in [1.807, 2.05) is 0 Å². The molecular formula is C18H15ClF4N2O4S. The first-order valence-corrected chi connectivity index (χ1v) is 9.01. The minimum absolute atomic E-state index is 0.0273. The maximum absolute atomic E-state index is 14.5. The van der Waals surface area contributed by atoms with E-state index in [0.29, 0.717) is 0 Å². The van der Waals surface area contributed by atoms with Gasteiger partial charge in [-0.3, -0.25) is 9.36 Å². The van der Waals surface area contributed by atoms with Crippen LogP contribution >= 0.6 is 23.8 Å². The molecule has 30 heavy (non-hydrogen) atoms. The summed E-state index contributed by atoms with van der Waals surface area (Å²) in [7, 11) is 0.809. The van der Waals surface area contributed by atoms with Crippen LogP contribution in [-0.4, -0.2) is 26.9 Å². The number of hydrogen-bond acceptors (Lipinski definition) is 5. The van der Waals surface area contributed by atoms with E-state index in [9.17, 15) is 27.2 Å². The maximum Gasteiger partial charge on any atom is 0.431 e. The molecule has 1 aromatic carbocycles. The van der Waals surface area contributed by atoms with Crippen molar-refractivity contribution in [3.63, 3.8) is 0 Å². The average molecular weight is 467 g/mol. The summed E-state index contributed by atoms with van der Waals surface area (Å²) in [6.07, 6.45) is -4.34. The molecule has 0 saturated carbocycles. The molecule has 12 heteroatoms. The van der Waals surface area contributed by atoms with Gasteiger partial charge in [0, 0.05) is 19.2 Å². The first kappa shape index (κ1) is 23.6. The molecule has 0 spiro atoms. The molecule has 0 saturated heterocycles. The summed E-state index contributed by atoms with van der Waals surface area (Å²) >= 11 is 11.0. The third kappa shape index (κ3) is 4.90. The van der Waals surface area contributed by atoms with Crippen molar-refractivity contribution >= 4 is 28.9 Å².